The van der Waals surface area contributed by atoms with Gasteiger partial charge < -0.3 is 14.4 Å². The Morgan fingerprint density at radius 3 is 2.33 bits per heavy atom. The number of hydrogen-bond acceptors (Lipinski definition) is 3. The Morgan fingerprint density at radius 2 is 1.79 bits per heavy atom. The Hall–Kier alpha value is -1.71. The molecule has 1 fully saturated rings. The lowest BCUT2D eigenvalue weighted by atomic mass is 9.91. The first-order valence-corrected chi connectivity index (χ1v) is 8.98. The average molecular weight is 333 g/mol. The van der Waals surface area contributed by atoms with Crippen molar-refractivity contribution in [3.63, 3.8) is 0 Å². The topological polar surface area (TPSA) is 38.8 Å². The molecular weight excluding hydrogens is 302 g/mol. The normalized spacial score (nSPS) is 16.1. The first-order valence-electron chi connectivity index (χ1n) is 8.98. The Balaban J connectivity index is 1.66. The van der Waals surface area contributed by atoms with Crippen LogP contribution in [0.25, 0.3) is 0 Å². The van der Waals surface area contributed by atoms with Gasteiger partial charge in [0.2, 0.25) is 0 Å². The number of piperidine rings is 1. The van der Waals surface area contributed by atoms with Crippen molar-refractivity contribution in [2.75, 3.05) is 20.2 Å². The maximum Gasteiger partial charge on any atom is 0.410 e. The molecule has 1 aromatic carbocycles. The second-order valence-electron chi connectivity index (χ2n) is 7.65. The number of rotatable bonds is 5. The summed E-state index contributed by atoms with van der Waals surface area (Å²) in [6.07, 6.45) is 5.54. The molecule has 1 saturated heterocycles. The van der Waals surface area contributed by atoms with E-state index in [9.17, 15) is 4.79 Å². The van der Waals surface area contributed by atoms with Crippen LogP contribution in [0.2, 0.25) is 0 Å². The number of ether oxygens (including phenoxy) is 2. The number of likely N-dealkylation sites (tertiary alicyclic amines) is 1. The van der Waals surface area contributed by atoms with E-state index in [1.54, 1.807) is 7.11 Å². The van der Waals surface area contributed by atoms with Gasteiger partial charge in [-0.15, -0.1) is 0 Å². The highest BCUT2D eigenvalue weighted by molar-refractivity contribution is 5.68. The number of carbonyl (C=O) groups excluding carboxylic acids is 1. The number of hydrogen-bond donors (Lipinski definition) is 0. The molecule has 1 aromatic rings. The number of aryl methyl sites for hydroxylation is 1. The third kappa shape index (κ3) is 6.06. The summed E-state index contributed by atoms with van der Waals surface area (Å²) in [4.78, 5) is 13.9. The van der Waals surface area contributed by atoms with Gasteiger partial charge in [-0.25, -0.2) is 4.79 Å². The number of amides is 1. The van der Waals surface area contributed by atoms with Gasteiger partial charge in [0.15, 0.2) is 0 Å². The summed E-state index contributed by atoms with van der Waals surface area (Å²) in [5.41, 5.74) is 0.953. The summed E-state index contributed by atoms with van der Waals surface area (Å²) in [5.74, 6) is 1.63. The molecule has 0 bridgehead atoms. The van der Waals surface area contributed by atoms with Crippen molar-refractivity contribution in [3.05, 3.63) is 29.8 Å². The van der Waals surface area contributed by atoms with Crippen molar-refractivity contribution in [2.45, 2.75) is 58.5 Å². The van der Waals surface area contributed by atoms with Crippen LogP contribution in [0.4, 0.5) is 4.79 Å². The van der Waals surface area contributed by atoms with Crippen molar-refractivity contribution in [1.29, 1.82) is 0 Å². The predicted octanol–water partition coefficient (Wildman–Crippen LogP) is 4.67. The summed E-state index contributed by atoms with van der Waals surface area (Å²) < 4.78 is 10.6. The largest absolute Gasteiger partial charge is 0.497 e. The molecule has 0 atom stereocenters. The Morgan fingerprint density at radius 1 is 1.17 bits per heavy atom. The minimum Gasteiger partial charge on any atom is -0.497 e. The van der Waals surface area contributed by atoms with Crippen LogP contribution in [0.1, 0.15) is 52.0 Å². The van der Waals surface area contributed by atoms with Gasteiger partial charge in [0.25, 0.3) is 0 Å². The Kier molecular flexibility index (Phi) is 6.52. The maximum atomic E-state index is 12.1. The van der Waals surface area contributed by atoms with E-state index in [-0.39, 0.29) is 6.09 Å². The van der Waals surface area contributed by atoms with Gasteiger partial charge in [-0.2, -0.15) is 0 Å². The minimum absolute atomic E-state index is 0.167. The van der Waals surface area contributed by atoms with Crippen molar-refractivity contribution in [1.82, 2.24) is 4.90 Å². The third-order valence-corrected chi connectivity index (χ3v) is 4.50. The number of benzene rings is 1. The zero-order valence-corrected chi connectivity index (χ0v) is 15.5. The molecule has 0 radical (unpaired) electrons. The van der Waals surface area contributed by atoms with E-state index < -0.39 is 5.60 Å². The van der Waals surface area contributed by atoms with Gasteiger partial charge in [0.1, 0.15) is 11.4 Å². The highest BCUT2D eigenvalue weighted by Gasteiger charge is 2.26. The van der Waals surface area contributed by atoms with E-state index in [1.807, 2.05) is 37.8 Å². The number of methoxy groups -OCH3 is 1. The molecule has 2 rings (SSSR count). The van der Waals surface area contributed by atoms with Crippen molar-refractivity contribution in [2.24, 2.45) is 5.92 Å². The highest BCUT2D eigenvalue weighted by atomic mass is 16.6. The summed E-state index contributed by atoms with van der Waals surface area (Å²) in [7, 11) is 1.69. The van der Waals surface area contributed by atoms with Crippen LogP contribution in [-0.4, -0.2) is 36.8 Å². The van der Waals surface area contributed by atoms with Crippen LogP contribution in [0.15, 0.2) is 24.3 Å². The minimum atomic E-state index is -0.410. The molecule has 1 heterocycles. The molecular formula is C20H31NO3. The molecule has 0 aromatic heterocycles. The standard InChI is InChI=1S/C20H31NO3/c1-20(2,3)24-19(22)21-14-12-17(13-15-21)7-5-6-16-8-10-18(23-4)11-9-16/h8-11,17H,5-7,12-15H2,1-4H3. The van der Waals surface area contributed by atoms with Gasteiger partial charge >= 0.3 is 6.09 Å². The molecule has 4 heteroatoms. The van der Waals surface area contributed by atoms with Gasteiger partial charge in [-0.05, 0) is 76.5 Å². The van der Waals surface area contributed by atoms with Crippen LogP contribution in [-0.2, 0) is 11.2 Å². The second kappa shape index (κ2) is 8.41. The molecule has 0 N–H and O–H groups in total. The SMILES string of the molecule is COc1ccc(CCCC2CCN(C(=O)OC(C)(C)C)CC2)cc1. The van der Waals surface area contributed by atoms with E-state index >= 15 is 0 Å². The maximum absolute atomic E-state index is 12.1. The molecule has 0 saturated carbocycles. The smallest absolute Gasteiger partial charge is 0.410 e. The van der Waals surface area contributed by atoms with Crippen LogP contribution < -0.4 is 4.74 Å². The fraction of sp³-hybridized carbons (Fsp3) is 0.650. The van der Waals surface area contributed by atoms with E-state index in [2.05, 4.69) is 12.1 Å². The average Bonchev–Trinajstić information content (AvgIpc) is 2.54. The van der Waals surface area contributed by atoms with Crippen LogP contribution in [0.5, 0.6) is 5.75 Å². The summed E-state index contributed by atoms with van der Waals surface area (Å²) in [6, 6.07) is 8.33. The number of nitrogens with zero attached hydrogens (tertiary/aromatic N) is 1. The molecule has 134 valence electrons. The molecule has 0 spiro atoms. The molecule has 24 heavy (non-hydrogen) atoms. The predicted molar refractivity (Wildman–Crippen MR) is 96.5 cm³/mol. The van der Waals surface area contributed by atoms with E-state index in [0.717, 1.165) is 44.0 Å². The first kappa shape index (κ1) is 18.6. The molecule has 0 aliphatic carbocycles. The monoisotopic (exact) mass is 333 g/mol. The van der Waals surface area contributed by atoms with Crippen LogP contribution in [0, 0.1) is 5.92 Å². The first-order chi connectivity index (χ1) is 11.4. The number of carbonyl (C=O) groups is 1. The lowest BCUT2D eigenvalue weighted by Crippen LogP contribution is -2.41. The second-order valence-corrected chi connectivity index (χ2v) is 7.65. The molecule has 1 amide bonds. The van der Waals surface area contributed by atoms with Crippen LogP contribution >= 0.6 is 0 Å². The van der Waals surface area contributed by atoms with Gasteiger partial charge in [-0.3, -0.25) is 0 Å². The van der Waals surface area contributed by atoms with Gasteiger partial charge in [0, 0.05) is 13.1 Å². The third-order valence-electron chi connectivity index (χ3n) is 4.50. The highest BCUT2D eigenvalue weighted by Crippen LogP contribution is 2.24. The molecule has 4 nitrogen and oxygen atoms in total. The van der Waals surface area contributed by atoms with Gasteiger partial charge in [0.05, 0.1) is 7.11 Å². The molecule has 1 aliphatic rings. The van der Waals surface area contributed by atoms with Gasteiger partial charge in [-0.1, -0.05) is 12.1 Å². The zero-order chi connectivity index (χ0) is 17.6. The Bertz CT molecular complexity index is 511. The van der Waals surface area contributed by atoms with Crippen molar-refractivity contribution >= 4 is 6.09 Å². The Labute approximate surface area is 146 Å². The summed E-state index contributed by atoms with van der Waals surface area (Å²) in [5, 5.41) is 0. The summed E-state index contributed by atoms with van der Waals surface area (Å²) in [6.45, 7) is 7.38. The van der Waals surface area contributed by atoms with Crippen LogP contribution in [0.3, 0.4) is 0 Å². The lowest BCUT2D eigenvalue weighted by molar-refractivity contribution is 0.0180. The fourth-order valence-electron chi connectivity index (χ4n) is 3.12. The fourth-order valence-corrected chi connectivity index (χ4v) is 3.12. The zero-order valence-electron chi connectivity index (χ0n) is 15.5. The van der Waals surface area contributed by atoms with Crippen molar-refractivity contribution in [3.8, 4) is 5.75 Å². The lowest BCUT2D eigenvalue weighted by Gasteiger charge is -2.33. The molecule has 1 aliphatic heterocycles. The van der Waals surface area contributed by atoms with Crippen molar-refractivity contribution < 1.29 is 14.3 Å². The van der Waals surface area contributed by atoms with E-state index in [1.165, 1.54) is 18.4 Å². The summed E-state index contributed by atoms with van der Waals surface area (Å²) >= 11 is 0. The molecule has 0 unspecified atom stereocenters. The van der Waals surface area contributed by atoms with E-state index in [0.29, 0.717) is 0 Å². The van der Waals surface area contributed by atoms with E-state index in [4.69, 9.17) is 9.47 Å². The quantitative estimate of drug-likeness (QED) is 0.786.